The topological polar surface area (TPSA) is 23.6 Å². The van der Waals surface area contributed by atoms with Gasteiger partial charge in [0, 0.05) is 17.8 Å². The van der Waals surface area contributed by atoms with Crippen LogP contribution in [0.1, 0.15) is 41.2 Å². The van der Waals surface area contributed by atoms with Crippen molar-refractivity contribution in [2.45, 2.75) is 31.3 Å². The average molecular weight is 418 g/mol. The lowest BCUT2D eigenvalue weighted by Crippen LogP contribution is -2.46. The maximum atomic E-state index is 13.0. The molecule has 1 fully saturated rings. The molecule has 2 aromatic rings. The quantitative estimate of drug-likeness (QED) is 0.580. The van der Waals surface area contributed by atoms with Crippen molar-refractivity contribution in [2.24, 2.45) is 0 Å². The van der Waals surface area contributed by atoms with Crippen molar-refractivity contribution >= 4 is 52.2 Å². The van der Waals surface area contributed by atoms with E-state index in [-0.39, 0.29) is 18.0 Å². The number of nitrogens with zero attached hydrogens (tertiary/aromatic N) is 2. The molecule has 7 heteroatoms. The minimum Gasteiger partial charge on any atom is -0.301 e. The molecule has 1 aromatic carbocycles. The fourth-order valence-corrected chi connectivity index (χ4v) is 5.16. The predicted molar refractivity (Wildman–Crippen MR) is 106 cm³/mol. The maximum absolute atomic E-state index is 13.0. The minimum atomic E-state index is -0.317. The Morgan fingerprint density at radius 3 is 2.60 bits per heavy atom. The summed E-state index contributed by atoms with van der Waals surface area (Å²) in [7, 11) is 2.09. The van der Waals surface area contributed by atoms with Gasteiger partial charge in [-0.2, -0.15) is 0 Å². The number of piperidine rings is 1. The molecule has 2 atom stereocenters. The van der Waals surface area contributed by atoms with E-state index in [1.165, 1.54) is 15.8 Å². The lowest BCUT2D eigenvalue weighted by molar-refractivity contribution is 0.0679. The number of hydrogen-bond acceptors (Lipinski definition) is 3. The van der Waals surface area contributed by atoms with Crippen LogP contribution in [-0.4, -0.2) is 34.9 Å². The Morgan fingerprint density at radius 2 is 2.00 bits per heavy atom. The first-order chi connectivity index (χ1) is 12.0. The molecule has 3 nitrogen and oxygen atoms in total. The Bertz CT molecular complexity index is 737. The number of hydrogen-bond donors (Lipinski definition) is 0. The fourth-order valence-electron chi connectivity index (χ4n) is 3.38. The number of thiophene rings is 1. The first-order valence-corrected chi connectivity index (χ1v) is 10.1. The van der Waals surface area contributed by atoms with Crippen LogP contribution in [0.3, 0.4) is 0 Å². The van der Waals surface area contributed by atoms with Gasteiger partial charge in [0.25, 0.3) is 5.91 Å². The predicted octanol–water partition coefficient (Wildman–Crippen LogP) is 5.88. The van der Waals surface area contributed by atoms with Gasteiger partial charge in [0.05, 0.1) is 15.9 Å². The van der Waals surface area contributed by atoms with E-state index in [9.17, 15) is 4.79 Å². The molecular formula is C18H19Cl3N2OS. The molecule has 1 amide bonds. The van der Waals surface area contributed by atoms with E-state index < -0.39 is 0 Å². The molecule has 25 heavy (non-hydrogen) atoms. The number of carbonyl (C=O) groups is 1. The number of likely N-dealkylation sites (N-methyl/N-ethyl adjacent to an activating group) is 1. The number of benzene rings is 1. The zero-order valence-corrected chi connectivity index (χ0v) is 16.9. The van der Waals surface area contributed by atoms with Crippen LogP contribution in [0.5, 0.6) is 0 Å². The van der Waals surface area contributed by atoms with E-state index in [0.29, 0.717) is 14.2 Å². The summed E-state index contributed by atoms with van der Waals surface area (Å²) in [5, 5.41) is 0. The molecule has 0 spiro atoms. The van der Waals surface area contributed by atoms with Crippen LogP contribution in [0.4, 0.5) is 0 Å². The third kappa shape index (κ3) is 4.15. The second-order valence-electron chi connectivity index (χ2n) is 6.25. The van der Waals surface area contributed by atoms with Crippen LogP contribution >= 0.6 is 46.3 Å². The van der Waals surface area contributed by atoms with Gasteiger partial charge in [-0.15, -0.1) is 11.3 Å². The molecule has 0 bridgehead atoms. The van der Waals surface area contributed by atoms with Gasteiger partial charge >= 0.3 is 0 Å². The molecule has 1 aliphatic heterocycles. The van der Waals surface area contributed by atoms with E-state index in [1.807, 2.05) is 30.3 Å². The van der Waals surface area contributed by atoms with Crippen molar-refractivity contribution in [2.75, 3.05) is 13.6 Å². The van der Waals surface area contributed by atoms with Crippen molar-refractivity contribution in [3.63, 3.8) is 0 Å². The van der Waals surface area contributed by atoms with Crippen molar-refractivity contribution in [3.05, 3.63) is 56.2 Å². The summed E-state index contributed by atoms with van der Waals surface area (Å²) in [6, 6.07) is 11.4. The molecule has 134 valence electrons. The van der Waals surface area contributed by atoms with E-state index >= 15 is 0 Å². The third-order valence-corrected chi connectivity index (χ3v) is 6.51. The van der Waals surface area contributed by atoms with Crippen LogP contribution in [0.15, 0.2) is 36.4 Å². The van der Waals surface area contributed by atoms with E-state index in [2.05, 4.69) is 11.9 Å². The van der Waals surface area contributed by atoms with Crippen LogP contribution in [0.2, 0.25) is 8.67 Å². The summed E-state index contributed by atoms with van der Waals surface area (Å²) in [6.45, 7) is 0.998. The summed E-state index contributed by atoms with van der Waals surface area (Å²) in [5.41, 5.74) is 1.37. The lowest BCUT2D eigenvalue weighted by Gasteiger charge is -2.41. The number of likely N-dealkylation sites (tertiary alicyclic amines) is 1. The summed E-state index contributed by atoms with van der Waals surface area (Å²) in [4.78, 5) is 15.3. The van der Waals surface area contributed by atoms with Crippen LogP contribution in [0, 0.1) is 0 Å². The van der Waals surface area contributed by atoms with Crippen molar-refractivity contribution < 1.29 is 4.79 Å². The number of amides is 1. The van der Waals surface area contributed by atoms with Gasteiger partial charge in [0.15, 0.2) is 0 Å². The van der Waals surface area contributed by atoms with Crippen molar-refractivity contribution in [3.8, 4) is 0 Å². The minimum absolute atomic E-state index is 0.158. The standard InChI is InChI=1S/C18H19Cl3N2OS/c1-22-10-6-5-9-14(22)16(12-7-3-2-4-8-12)23(21)18(24)13-11-15(19)25-17(13)20/h2-4,7-8,11,14,16H,5-6,9-10H2,1H3/t14-,16-/m0/s1. The molecule has 0 radical (unpaired) electrons. The monoisotopic (exact) mass is 416 g/mol. The second-order valence-corrected chi connectivity index (χ2v) is 8.90. The van der Waals surface area contributed by atoms with E-state index in [0.717, 1.165) is 31.4 Å². The number of halogens is 3. The third-order valence-electron chi connectivity index (χ3n) is 4.66. The Balaban J connectivity index is 1.96. The molecule has 3 rings (SSSR count). The summed E-state index contributed by atoms with van der Waals surface area (Å²) >= 11 is 19.9. The largest absolute Gasteiger partial charge is 0.301 e. The Morgan fingerprint density at radius 1 is 1.28 bits per heavy atom. The normalized spacial score (nSPS) is 19.6. The number of carbonyl (C=O) groups excluding carboxylic acids is 1. The van der Waals surface area contributed by atoms with Gasteiger partial charge in [-0.3, -0.25) is 4.79 Å². The molecule has 1 aromatic heterocycles. The summed E-state index contributed by atoms with van der Waals surface area (Å²) in [5.74, 6) is -0.317. The van der Waals surface area contributed by atoms with Crippen molar-refractivity contribution in [1.29, 1.82) is 0 Å². The van der Waals surface area contributed by atoms with Crippen LogP contribution in [-0.2, 0) is 0 Å². The highest BCUT2D eigenvalue weighted by atomic mass is 35.5. The van der Waals surface area contributed by atoms with Gasteiger partial charge in [0.2, 0.25) is 0 Å². The Hall–Kier alpha value is -0.780. The average Bonchev–Trinajstić information content (AvgIpc) is 2.95. The van der Waals surface area contributed by atoms with Gasteiger partial charge < -0.3 is 4.90 Å². The fraction of sp³-hybridized carbons (Fsp3) is 0.389. The molecule has 0 N–H and O–H groups in total. The zero-order valence-electron chi connectivity index (χ0n) is 13.8. The first-order valence-electron chi connectivity index (χ1n) is 8.18. The molecule has 1 saturated heterocycles. The molecular weight excluding hydrogens is 399 g/mol. The Kier molecular flexibility index (Phi) is 6.29. The van der Waals surface area contributed by atoms with Gasteiger partial charge in [-0.1, -0.05) is 60.0 Å². The molecule has 0 unspecified atom stereocenters. The number of rotatable bonds is 4. The SMILES string of the molecule is CN1CCCC[C@H]1[C@H](c1ccccc1)N(Cl)C(=O)c1cc(Cl)sc1Cl. The summed E-state index contributed by atoms with van der Waals surface area (Å²) in [6.07, 6.45) is 3.28. The molecule has 2 heterocycles. The second kappa shape index (κ2) is 8.28. The zero-order chi connectivity index (χ0) is 18.0. The maximum Gasteiger partial charge on any atom is 0.271 e. The highest BCUT2D eigenvalue weighted by molar-refractivity contribution is 7.20. The van der Waals surface area contributed by atoms with Gasteiger partial charge in [-0.05, 0) is 38.1 Å². The summed E-state index contributed by atoms with van der Waals surface area (Å²) < 4.78 is 2.14. The van der Waals surface area contributed by atoms with Gasteiger partial charge in [-0.25, -0.2) is 4.42 Å². The highest BCUT2D eigenvalue weighted by Gasteiger charge is 2.36. The first kappa shape index (κ1) is 19.0. The Labute approximate surface area is 167 Å². The highest BCUT2D eigenvalue weighted by Crippen LogP contribution is 2.38. The van der Waals surface area contributed by atoms with Gasteiger partial charge in [0.1, 0.15) is 4.34 Å². The smallest absolute Gasteiger partial charge is 0.271 e. The van der Waals surface area contributed by atoms with Crippen LogP contribution in [0.25, 0.3) is 0 Å². The van der Waals surface area contributed by atoms with Crippen LogP contribution < -0.4 is 0 Å². The molecule has 0 aliphatic carbocycles. The van der Waals surface area contributed by atoms with Crippen molar-refractivity contribution in [1.82, 2.24) is 9.32 Å². The van der Waals surface area contributed by atoms with E-state index in [4.69, 9.17) is 35.0 Å². The van der Waals surface area contributed by atoms with E-state index in [1.54, 1.807) is 6.07 Å². The molecule has 0 saturated carbocycles. The molecule has 1 aliphatic rings. The lowest BCUT2D eigenvalue weighted by atomic mass is 9.91.